The standard InChI is InChI=1S/C12H14FNO4/c1-12(2,11(17)18-3)14-7-4-5-8(10(15)16)9(13)6-7/h4-6,14H,1-3H3,(H,15,16). The summed E-state index contributed by atoms with van der Waals surface area (Å²) in [7, 11) is 1.25. The molecule has 1 aromatic carbocycles. The highest BCUT2D eigenvalue weighted by molar-refractivity contribution is 5.89. The number of aromatic carboxylic acids is 1. The van der Waals surface area contributed by atoms with Crippen molar-refractivity contribution in [1.29, 1.82) is 0 Å². The van der Waals surface area contributed by atoms with Crippen LogP contribution in [0.1, 0.15) is 24.2 Å². The summed E-state index contributed by atoms with van der Waals surface area (Å²) in [5, 5.41) is 11.4. The summed E-state index contributed by atoms with van der Waals surface area (Å²) in [6, 6.07) is 3.54. The van der Waals surface area contributed by atoms with E-state index in [1.54, 1.807) is 13.8 Å². The maximum Gasteiger partial charge on any atom is 0.338 e. The van der Waals surface area contributed by atoms with Crippen LogP contribution in [-0.4, -0.2) is 29.7 Å². The summed E-state index contributed by atoms with van der Waals surface area (Å²) in [6.45, 7) is 3.14. The van der Waals surface area contributed by atoms with Crippen molar-refractivity contribution in [3.63, 3.8) is 0 Å². The Bertz CT molecular complexity index is 485. The summed E-state index contributed by atoms with van der Waals surface area (Å²) in [5.41, 5.74) is -1.16. The van der Waals surface area contributed by atoms with E-state index in [2.05, 4.69) is 10.1 Å². The van der Waals surface area contributed by atoms with Gasteiger partial charge in [-0.15, -0.1) is 0 Å². The molecule has 0 amide bonds. The Morgan fingerprint density at radius 2 is 2.00 bits per heavy atom. The first-order chi connectivity index (χ1) is 8.27. The van der Waals surface area contributed by atoms with E-state index in [0.29, 0.717) is 5.69 Å². The summed E-state index contributed by atoms with van der Waals surface area (Å²) in [6.07, 6.45) is 0. The number of nitrogens with one attached hydrogen (secondary N) is 1. The average molecular weight is 255 g/mol. The Morgan fingerprint density at radius 1 is 1.39 bits per heavy atom. The third-order valence-electron chi connectivity index (χ3n) is 2.35. The highest BCUT2D eigenvalue weighted by Gasteiger charge is 2.28. The van der Waals surface area contributed by atoms with Gasteiger partial charge < -0.3 is 15.2 Å². The van der Waals surface area contributed by atoms with E-state index in [4.69, 9.17) is 5.11 Å². The van der Waals surface area contributed by atoms with E-state index in [-0.39, 0.29) is 0 Å². The van der Waals surface area contributed by atoms with Crippen LogP contribution < -0.4 is 5.32 Å². The SMILES string of the molecule is COC(=O)C(C)(C)Nc1ccc(C(=O)O)c(F)c1. The lowest BCUT2D eigenvalue weighted by Gasteiger charge is -2.24. The lowest BCUT2D eigenvalue weighted by atomic mass is 10.1. The number of ether oxygens (including phenoxy) is 1. The van der Waals surface area contributed by atoms with Crippen LogP contribution in [-0.2, 0) is 9.53 Å². The molecule has 0 aliphatic rings. The number of methoxy groups -OCH3 is 1. The predicted octanol–water partition coefficient (Wildman–Crippen LogP) is 1.89. The smallest absolute Gasteiger partial charge is 0.338 e. The van der Waals surface area contributed by atoms with Crippen LogP contribution >= 0.6 is 0 Å². The van der Waals surface area contributed by atoms with Crippen LogP contribution in [0.25, 0.3) is 0 Å². The van der Waals surface area contributed by atoms with Crippen molar-refractivity contribution < 1.29 is 23.8 Å². The first-order valence-corrected chi connectivity index (χ1v) is 5.17. The summed E-state index contributed by atoms with van der Waals surface area (Å²) >= 11 is 0. The molecular weight excluding hydrogens is 241 g/mol. The molecule has 0 aliphatic heterocycles. The number of carboxylic acid groups (broad SMARTS) is 1. The van der Waals surface area contributed by atoms with Crippen LogP contribution in [0.5, 0.6) is 0 Å². The van der Waals surface area contributed by atoms with Crippen LogP contribution in [0, 0.1) is 5.82 Å². The zero-order chi connectivity index (χ0) is 13.9. The van der Waals surface area contributed by atoms with Gasteiger partial charge in [0.15, 0.2) is 0 Å². The number of halogens is 1. The number of rotatable bonds is 4. The molecule has 0 saturated carbocycles. The Morgan fingerprint density at radius 3 is 2.44 bits per heavy atom. The van der Waals surface area contributed by atoms with Gasteiger partial charge in [0.05, 0.1) is 12.7 Å². The monoisotopic (exact) mass is 255 g/mol. The van der Waals surface area contributed by atoms with E-state index in [9.17, 15) is 14.0 Å². The van der Waals surface area contributed by atoms with Crippen LogP contribution in [0.4, 0.5) is 10.1 Å². The molecule has 5 nitrogen and oxygen atoms in total. The van der Waals surface area contributed by atoms with E-state index < -0.39 is 28.9 Å². The Balaban J connectivity index is 2.97. The molecule has 98 valence electrons. The number of hydrogen-bond donors (Lipinski definition) is 2. The molecule has 1 aromatic rings. The molecule has 1 rings (SSSR count). The summed E-state index contributed by atoms with van der Waals surface area (Å²) in [5.74, 6) is -2.72. The second kappa shape index (κ2) is 5.03. The quantitative estimate of drug-likeness (QED) is 0.803. The molecule has 0 aliphatic carbocycles. The van der Waals surface area contributed by atoms with E-state index in [1.807, 2.05) is 0 Å². The minimum absolute atomic E-state index is 0.299. The van der Waals surface area contributed by atoms with Crippen molar-refractivity contribution in [2.45, 2.75) is 19.4 Å². The lowest BCUT2D eigenvalue weighted by Crippen LogP contribution is -2.41. The van der Waals surface area contributed by atoms with Crippen LogP contribution in [0.15, 0.2) is 18.2 Å². The van der Waals surface area contributed by atoms with Crippen molar-refractivity contribution in [3.8, 4) is 0 Å². The molecule has 0 heterocycles. The van der Waals surface area contributed by atoms with Gasteiger partial charge in [-0.1, -0.05) is 0 Å². The molecule has 18 heavy (non-hydrogen) atoms. The molecular formula is C12H14FNO4. The number of carbonyl (C=O) groups excluding carboxylic acids is 1. The highest BCUT2D eigenvalue weighted by atomic mass is 19.1. The van der Waals surface area contributed by atoms with Gasteiger partial charge in [0.2, 0.25) is 0 Å². The lowest BCUT2D eigenvalue weighted by molar-refractivity contribution is -0.144. The highest BCUT2D eigenvalue weighted by Crippen LogP contribution is 2.19. The van der Waals surface area contributed by atoms with Crippen molar-refractivity contribution >= 4 is 17.6 Å². The summed E-state index contributed by atoms with van der Waals surface area (Å²) < 4.78 is 18.0. The fourth-order valence-corrected chi connectivity index (χ4v) is 1.43. The minimum atomic E-state index is -1.34. The molecule has 0 spiro atoms. The molecule has 0 unspecified atom stereocenters. The molecule has 2 N–H and O–H groups in total. The van der Waals surface area contributed by atoms with Crippen molar-refractivity contribution in [1.82, 2.24) is 0 Å². The number of benzene rings is 1. The van der Waals surface area contributed by atoms with Gasteiger partial charge in [-0.3, -0.25) is 0 Å². The molecule has 0 bridgehead atoms. The average Bonchev–Trinajstić information content (AvgIpc) is 2.26. The third kappa shape index (κ3) is 2.97. The van der Waals surface area contributed by atoms with E-state index in [1.165, 1.54) is 13.2 Å². The number of carboxylic acids is 1. The topological polar surface area (TPSA) is 75.6 Å². The van der Waals surface area contributed by atoms with Gasteiger partial charge in [-0.2, -0.15) is 0 Å². The van der Waals surface area contributed by atoms with Gasteiger partial charge >= 0.3 is 11.9 Å². The minimum Gasteiger partial charge on any atom is -0.478 e. The Hall–Kier alpha value is -2.11. The predicted molar refractivity (Wildman–Crippen MR) is 63.1 cm³/mol. The van der Waals surface area contributed by atoms with Crippen molar-refractivity contribution in [3.05, 3.63) is 29.6 Å². The maximum atomic E-state index is 13.4. The van der Waals surface area contributed by atoms with Gasteiger partial charge in [-0.05, 0) is 32.0 Å². The third-order valence-corrected chi connectivity index (χ3v) is 2.35. The largest absolute Gasteiger partial charge is 0.478 e. The fourth-order valence-electron chi connectivity index (χ4n) is 1.43. The second-order valence-corrected chi connectivity index (χ2v) is 4.24. The molecule has 0 aromatic heterocycles. The molecule has 0 atom stereocenters. The number of carbonyl (C=O) groups is 2. The Kier molecular flexibility index (Phi) is 3.90. The fraction of sp³-hybridized carbons (Fsp3) is 0.333. The van der Waals surface area contributed by atoms with Crippen LogP contribution in [0.2, 0.25) is 0 Å². The normalized spacial score (nSPS) is 10.9. The summed E-state index contributed by atoms with van der Waals surface area (Å²) in [4.78, 5) is 22.1. The molecule has 6 heteroatoms. The second-order valence-electron chi connectivity index (χ2n) is 4.24. The first kappa shape index (κ1) is 14.0. The molecule has 0 saturated heterocycles. The van der Waals surface area contributed by atoms with Crippen LogP contribution in [0.3, 0.4) is 0 Å². The molecule has 0 radical (unpaired) electrons. The van der Waals surface area contributed by atoms with Gasteiger partial charge in [0.1, 0.15) is 11.4 Å². The van der Waals surface area contributed by atoms with Crippen molar-refractivity contribution in [2.24, 2.45) is 0 Å². The van der Waals surface area contributed by atoms with E-state index >= 15 is 0 Å². The maximum absolute atomic E-state index is 13.4. The Labute approximate surface area is 104 Å². The zero-order valence-corrected chi connectivity index (χ0v) is 10.3. The number of anilines is 1. The van der Waals surface area contributed by atoms with Crippen molar-refractivity contribution in [2.75, 3.05) is 12.4 Å². The van der Waals surface area contributed by atoms with Gasteiger partial charge in [0, 0.05) is 5.69 Å². The first-order valence-electron chi connectivity index (χ1n) is 5.17. The number of esters is 1. The van der Waals surface area contributed by atoms with E-state index in [0.717, 1.165) is 12.1 Å². The van der Waals surface area contributed by atoms with Gasteiger partial charge in [0.25, 0.3) is 0 Å². The number of hydrogen-bond acceptors (Lipinski definition) is 4. The molecule has 0 fully saturated rings. The van der Waals surface area contributed by atoms with Gasteiger partial charge in [-0.25, -0.2) is 14.0 Å². The zero-order valence-electron chi connectivity index (χ0n) is 10.3.